The molecule has 0 saturated carbocycles. The van der Waals surface area contributed by atoms with Crippen molar-refractivity contribution >= 4 is 36.1 Å². The number of benzene rings is 2. The lowest BCUT2D eigenvalue weighted by atomic mass is 10.1. The van der Waals surface area contributed by atoms with Gasteiger partial charge in [0.05, 0.1) is 24.2 Å². The molecule has 10 heteroatoms. The molecule has 0 aliphatic heterocycles. The van der Waals surface area contributed by atoms with Gasteiger partial charge in [-0.25, -0.2) is 9.97 Å². The molecule has 190 valence electrons. The summed E-state index contributed by atoms with van der Waals surface area (Å²) in [6.45, 7) is 5.96. The highest BCUT2D eigenvalue weighted by atomic mass is 31.2. The number of hydrogen-bond donors (Lipinski definition) is 2. The molecule has 1 amide bonds. The molecular weight excluding hydrogens is 489 g/mol. The van der Waals surface area contributed by atoms with E-state index in [0.29, 0.717) is 22.5 Å². The Morgan fingerprint density at radius 3 is 2.41 bits per heavy atom. The number of carbonyl (C=O) groups excluding carboxylic acids is 1. The summed E-state index contributed by atoms with van der Waals surface area (Å²) in [5.74, 6) is 0.121. The van der Waals surface area contributed by atoms with E-state index >= 15 is 0 Å². The maximum atomic E-state index is 12.9. The molecule has 0 aliphatic rings. The van der Waals surface area contributed by atoms with Crippen LogP contribution in [0.5, 0.6) is 0 Å². The highest BCUT2D eigenvalue weighted by Gasteiger charge is 2.26. The first kappa shape index (κ1) is 26.2. The number of anilines is 3. The summed E-state index contributed by atoms with van der Waals surface area (Å²) in [4.78, 5) is 25.9. The van der Waals surface area contributed by atoms with E-state index in [9.17, 15) is 9.36 Å². The van der Waals surface area contributed by atoms with Crippen molar-refractivity contribution in [3.05, 3.63) is 90.4 Å². The minimum atomic E-state index is -3.41. The van der Waals surface area contributed by atoms with Gasteiger partial charge in [0, 0.05) is 41.1 Å². The van der Waals surface area contributed by atoms with Crippen molar-refractivity contribution in [2.24, 2.45) is 0 Å². The van der Waals surface area contributed by atoms with Crippen LogP contribution >= 0.6 is 7.60 Å². The molecule has 0 radical (unpaired) electrons. The lowest BCUT2D eigenvalue weighted by Crippen LogP contribution is -2.15. The summed E-state index contributed by atoms with van der Waals surface area (Å²) in [5.41, 5.74) is 4.35. The van der Waals surface area contributed by atoms with Gasteiger partial charge in [0.15, 0.2) is 0 Å². The molecule has 2 N–H and O–H groups in total. The molecule has 2 aromatic heterocycles. The van der Waals surface area contributed by atoms with E-state index in [1.165, 1.54) is 0 Å². The first-order chi connectivity index (χ1) is 17.9. The van der Waals surface area contributed by atoms with E-state index in [-0.39, 0.29) is 19.1 Å². The van der Waals surface area contributed by atoms with Gasteiger partial charge < -0.3 is 19.7 Å². The molecule has 37 heavy (non-hydrogen) atoms. The van der Waals surface area contributed by atoms with Crippen molar-refractivity contribution in [2.75, 3.05) is 23.8 Å². The topological polar surface area (TPSA) is 115 Å². The Morgan fingerprint density at radius 1 is 0.973 bits per heavy atom. The molecule has 0 saturated heterocycles. The second-order valence-corrected chi connectivity index (χ2v) is 10.0. The van der Waals surface area contributed by atoms with Crippen LogP contribution in [0.1, 0.15) is 29.8 Å². The van der Waals surface area contributed by atoms with Crippen LogP contribution in [0.4, 0.5) is 17.3 Å². The zero-order valence-corrected chi connectivity index (χ0v) is 21.7. The fourth-order valence-corrected chi connectivity index (χ4v) is 5.14. The summed E-state index contributed by atoms with van der Waals surface area (Å²) in [5, 5.41) is 6.53. The van der Waals surface area contributed by atoms with Gasteiger partial charge in [-0.2, -0.15) is 0 Å². The van der Waals surface area contributed by atoms with Crippen molar-refractivity contribution in [2.45, 2.75) is 20.8 Å². The third kappa shape index (κ3) is 6.46. The summed E-state index contributed by atoms with van der Waals surface area (Å²) < 4.78 is 23.7. The quantitative estimate of drug-likeness (QED) is 0.256. The van der Waals surface area contributed by atoms with Crippen LogP contribution < -0.4 is 15.9 Å². The minimum Gasteiger partial charge on any atom is -0.324 e. The molecule has 9 nitrogen and oxygen atoms in total. The molecule has 0 bridgehead atoms. The average molecular weight is 518 g/mol. The van der Waals surface area contributed by atoms with Gasteiger partial charge in [-0.3, -0.25) is 14.3 Å². The van der Waals surface area contributed by atoms with Gasteiger partial charge >= 0.3 is 7.60 Å². The number of aromatic nitrogens is 3. The third-order valence-electron chi connectivity index (χ3n) is 5.40. The number of pyridine rings is 1. The maximum absolute atomic E-state index is 12.9. The van der Waals surface area contributed by atoms with Crippen LogP contribution in [0.15, 0.2) is 79.3 Å². The summed E-state index contributed by atoms with van der Waals surface area (Å²) in [7, 11) is -3.41. The lowest BCUT2D eigenvalue weighted by Gasteiger charge is -2.17. The van der Waals surface area contributed by atoms with Crippen molar-refractivity contribution in [3.63, 3.8) is 0 Å². The standard InChI is InChI=1S/C27H28N5O4P/c1-4-35-37(34,36-5-2)23-12-9-20(10-13-23)26(33)30-22-11-8-19(3)25(17-22)32-27-29-16-14-24(31-27)21-7-6-15-28-18-21/h6-18H,4-5H2,1-3H3,(H,30,33)(H,29,31,32). The van der Waals surface area contributed by atoms with E-state index in [1.54, 1.807) is 56.7 Å². The number of carbonyl (C=O) groups is 1. The van der Waals surface area contributed by atoms with Crippen molar-refractivity contribution < 1.29 is 18.4 Å². The molecular formula is C27H28N5O4P. The molecule has 2 heterocycles. The lowest BCUT2D eigenvalue weighted by molar-refractivity contribution is 0.102. The van der Waals surface area contributed by atoms with Crippen molar-refractivity contribution in [1.82, 2.24) is 15.0 Å². The number of hydrogen-bond acceptors (Lipinski definition) is 8. The molecule has 4 aromatic rings. The Morgan fingerprint density at radius 2 is 1.73 bits per heavy atom. The minimum absolute atomic E-state index is 0.252. The highest BCUT2D eigenvalue weighted by molar-refractivity contribution is 7.62. The number of nitrogens with one attached hydrogen (secondary N) is 2. The zero-order valence-electron chi connectivity index (χ0n) is 20.8. The summed E-state index contributed by atoms with van der Waals surface area (Å²) in [6.07, 6.45) is 5.13. The Kier molecular flexibility index (Phi) is 8.40. The normalized spacial score (nSPS) is 11.2. The van der Waals surface area contributed by atoms with Crippen LogP contribution in [-0.2, 0) is 13.6 Å². The summed E-state index contributed by atoms with van der Waals surface area (Å²) >= 11 is 0. The SMILES string of the molecule is CCOP(=O)(OCC)c1ccc(C(=O)Nc2ccc(C)c(Nc3nccc(-c4cccnc4)n3)c2)cc1. The fourth-order valence-electron chi connectivity index (χ4n) is 3.57. The fraction of sp³-hybridized carbons (Fsp3) is 0.185. The van der Waals surface area contributed by atoms with Crippen LogP contribution in [0.25, 0.3) is 11.3 Å². The Balaban J connectivity index is 1.49. The largest absolute Gasteiger partial charge is 0.361 e. The number of rotatable bonds is 10. The first-order valence-corrected chi connectivity index (χ1v) is 13.4. The van der Waals surface area contributed by atoms with Crippen LogP contribution in [0, 0.1) is 6.92 Å². The number of nitrogens with zero attached hydrogens (tertiary/aromatic N) is 3. The van der Waals surface area contributed by atoms with Gasteiger partial charge in [-0.05, 0) is 80.9 Å². The maximum Gasteiger partial charge on any atom is 0.361 e. The Bertz CT molecular complexity index is 1400. The second kappa shape index (κ2) is 11.9. The van der Waals surface area contributed by atoms with Gasteiger partial charge in [0.25, 0.3) is 5.91 Å². The predicted molar refractivity (Wildman–Crippen MR) is 145 cm³/mol. The van der Waals surface area contributed by atoms with Crippen LogP contribution in [0.2, 0.25) is 0 Å². The molecule has 0 fully saturated rings. The van der Waals surface area contributed by atoms with E-state index in [0.717, 1.165) is 22.5 Å². The average Bonchev–Trinajstić information content (AvgIpc) is 2.91. The molecule has 0 atom stereocenters. The van der Waals surface area contributed by atoms with E-state index in [1.807, 2.05) is 43.3 Å². The van der Waals surface area contributed by atoms with E-state index in [4.69, 9.17) is 9.05 Å². The molecule has 4 rings (SSSR count). The molecule has 0 unspecified atom stereocenters. The first-order valence-electron chi connectivity index (χ1n) is 11.8. The van der Waals surface area contributed by atoms with Crippen molar-refractivity contribution in [1.29, 1.82) is 0 Å². The monoisotopic (exact) mass is 517 g/mol. The smallest absolute Gasteiger partial charge is 0.324 e. The Labute approximate surface area is 215 Å². The van der Waals surface area contributed by atoms with Crippen LogP contribution in [-0.4, -0.2) is 34.1 Å². The van der Waals surface area contributed by atoms with Gasteiger partial charge in [0.2, 0.25) is 5.95 Å². The number of amides is 1. The molecule has 0 spiro atoms. The van der Waals surface area contributed by atoms with Gasteiger partial charge in [0.1, 0.15) is 0 Å². The van der Waals surface area contributed by atoms with E-state index < -0.39 is 7.60 Å². The number of aryl methyl sites for hydroxylation is 1. The van der Waals surface area contributed by atoms with E-state index in [2.05, 4.69) is 25.6 Å². The highest BCUT2D eigenvalue weighted by Crippen LogP contribution is 2.46. The Hall–Kier alpha value is -3.91. The van der Waals surface area contributed by atoms with Crippen LogP contribution in [0.3, 0.4) is 0 Å². The third-order valence-corrected chi connectivity index (χ3v) is 7.53. The van der Waals surface area contributed by atoms with Crippen molar-refractivity contribution in [3.8, 4) is 11.3 Å². The second-order valence-electron chi connectivity index (χ2n) is 8.00. The predicted octanol–water partition coefficient (Wildman–Crippen LogP) is 5.73. The van der Waals surface area contributed by atoms with Gasteiger partial charge in [-0.1, -0.05) is 6.07 Å². The zero-order chi connectivity index (χ0) is 26.3. The van der Waals surface area contributed by atoms with Gasteiger partial charge in [-0.15, -0.1) is 0 Å². The molecule has 0 aliphatic carbocycles. The molecule has 2 aromatic carbocycles. The summed E-state index contributed by atoms with van der Waals surface area (Å²) in [6, 6.07) is 17.5.